The van der Waals surface area contributed by atoms with Gasteiger partial charge < -0.3 is 9.94 Å². The first-order valence-electron chi connectivity index (χ1n) is 5.47. The highest BCUT2D eigenvalue weighted by molar-refractivity contribution is 6.67. The van der Waals surface area contributed by atoms with Crippen molar-refractivity contribution in [3.8, 4) is 5.75 Å². The lowest BCUT2D eigenvalue weighted by Gasteiger charge is -2.14. The Labute approximate surface area is 127 Å². The first kappa shape index (κ1) is 16.2. The second-order valence-corrected chi connectivity index (χ2v) is 6.56. The second kappa shape index (κ2) is 7.04. The summed E-state index contributed by atoms with van der Waals surface area (Å²) in [5.74, 6) is 0.631. The third kappa shape index (κ3) is 6.19. The van der Waals surface area contributed by atoms with Crippen LogP contribution in [-0.2, 0) is 0 Å². The number of halogens is 3. The minimum Gasteiger partial charge on any atom is -0.488 e. The average Bonchev–Trinajstić information content (AvgIpc) is 2.34. The summed E-state index contributed by atoms with van der Waals surface area (Å²) in [5, 5.41) is 11.6. The van der Waals surface area contributed by atoms with Crippen LogP contribution in [0.4, 0.5) is 0 Å². The summed E-state index contributed by atoms with van der Waals surface area (Å²) in [5.41, 5.74) is 2.02. The highest BCUT2D eigenvalue weighted by Gasteiger charge is 2.21. The van der Waals surface area contributed by atoms with Crippen molar-refractivity contribution in [3.05, 3.63) is 36.4 Å². The minimum atomic E-state index is -1.37. The molecule has 0 saturated heterocycles. The molecule has 0 unspecified atom stereocenters. The first-order chi connectivity index (χ1) is 8.81. The Kier molecular flexibility index (Phi) is 5.98. The van der Waals surface area contributed by atoms with Gasteiger partial charge in [0.1, 0.15) is 12.4 Å². The van der Waals surface area contributed by atoms with Gasteiger partial charge in [0.25, 0.3) is 0 Å². The van der Waals surface area contributed by atoms with Gasteiger partial charge in [-0.3, -0.25) is 0 Å². The molecule has 1 aromatic rings. The van der Waals surface area contributed by atoms with Crippen LogP contribution in [-0.4, -0.2) is 21.3 Å². The largest absolute Gasteiger partial charge is 0.488 e. The predicted molar refractivity (Wildman–Crippen MR) is 80.8 cm³/mol. The standard InChI is InChI=1S/C13H14Cl3NO2/c1-9(7-13(14,15)16)11-4-3-5-12(6-11)19-8-10(2)17-18/h3-6,18H,1,7-8H2,2H3. The fourth-order valence-electron chi connectivity index (χ4n) is 1.37. The van der Waals surface area contributed by atoms with E-state index in [0.717, 1.165) is 5.56 Å². The summed E-state index contributed by atoms with van der Waals surface area (Å²) < 4.78 is 4.08. The van der Waals surface area contributed by atoms with Gasteiger partial charge in [-0.05, 0) is 30.2 Å². The van der Waals surface area contributed by atoms with Gasteiger partial charge in [0, 0.05) is 6.42 Å². The SMILES string of the molecule is C=C(CC(Cl)(Cl)Cl)c1cccc(OCC(C)=NO)c1. The van der Waals surface area contributed by atoms with Crippen LogP contribution in [0.3, 0.4) is 0 Å². The maximum absolute atomic E-state index is 8.53. The van der Waals surface area contributed by atoms with E-state index in [-0.39, 0.29) is 13.0 Å². The van der Waals surface area contributed by atoms with E-state index in [4.69, 9.17) is 44.7 Å². The number of hydrogen-bond acceptors (Lipinski definition) is 3. The Bertz CT molecular complexity index is 481. The quantitative estimate of drug-likeness (QED) is 0.370. The monoisotopic (exact) mass is 321 g/mol. The van der Waals surface area contributed by atoms with Crippen molar-refractivity contribution >= 4 is 46.1 Å². The van der Waals surface area contributed by atoms with Crippen LogP contribution in [0.2, 0.25) is 0 Å². The zero-order valence-electron chi connectivity index (χ0n) is 10.4. The van der Waals surface area contributed by atoms with Gasteiger partial charge in [-0.25, -0.2) is 0 Å². The molecule has 6 heteroatoms. The molecule has 0 radical (unpaired) electrons. The van der Waals surface area contributed by atoms with E-state index >= 15 is 0 Å². The van der Waals surface area contributed by atoms with Crippen LogP contribution in [0.5, 0.6) is 5.75 Å². The van der Waals surface area contributed by atoms with Gasteiger partial charge in [-0.1, -0.05) is 58.7 Å². The molecule has 3 nitrogen and oxygen atoms in total. The molecule has 1 N–H and O–H groups in total. The van der Waals surface area contributed by atoms with Crippen LogP contribution in [0.15, 0.2) is 36.0 Å². The molecule has 0 aliphatic rings. The zero-order chi connectivity index (χ0) is 14.5. The van der Waals surface area contributed by atoms with Gasteiger partial charge in [0.15, 0.2) is 3.79 Å². The van der Waals surface area contributed by atoms with Crippen molar-refractivity contribution in [1.82, 2.24) is 0 Å². The van der Waals surface area contributed by atoms with E-state index in [2.05, 4.69) is 11.7 Å². The van der Waals surface area contributed by atoms with E-state index in [9.17, 15) is 0 Å². The lowest BCUT2D eigenvalue weighted by Crippen LogP contribution is -2.07. The summed E-state index contributed by atoms with van der Waals surface area (Å²) in [6.07, 6.45) is 0.234. The molecule has 0 saturated carbocycles. The Morgan fingerprint density at radius 3 is 2.68 bits per heavy atom. The smallest absolute Gasteiger partial charge is 0.194 e. The molecule has 0 aromatic heterocycles. The molecule has 1 rings (SSSR count). The molecule has 0 heterocycles. The van der Waals surface area contributed by atoms with Crippen molar-refractivity contribution in [3.63, 3.8) is 0 Å². The lowest BCUT2D eigenvalue weighted by molar-refractivity contribution is 0.307. The van der Waals surface area contributed by atoms with E-state index < -0.39 is 3.79 Å². The number of benzene rings is 1. The number of alkyl halides is 3. The Morgan fingerprint density at radius 1 is 1.42 bits per heavy atom. The van der Waals surface area contributed by atoms with Gasteiger partial charge in [0.2, 0.25) is 0 Å². The van der Waals surface area contributed by atoms with Crippen molar-refractivity contribution in [2.24, 2.45) is 5.16 Å². The molecule has 104 valence electrons. The number of nitrogens with zero attached hydrogens (tertiary/aromatic N) is 1. The third-order valence-corrected chi connectivity index (χ3v) is 2.68. The third-order valence-electron chi connectivity index (χ3n) is 2.27. The molecule has 0 amide bonds. The summed E-state index contributed by atoms with van der Waals surface area (Å²) in [4.78, 5) is 0. The molecular formula is C13H14Cl3NO2. The van der Waals surface area contributed by atoms with Crippen LogP contribution in [0.1, 0.15) is 18.9 Å². The maximum Gasteiger partial charge on any atom is 0.194 e. The minimum absolute atomic E-state index is 0.205. The topological polar surface area (TPSA) is 41.8 Å². The fraction of sp³-hybridized carbons (Fsp3) is 0.308. The summed E-state index contributed by atoms with van der Waals surface area (Å²) in [6, 6.07) is 7.26. The van der Waals surface area contributed by atoms with E-state index in [1.165, 1.54) is 0 Å². The second-order valence-electron chi connectivity index (χ2n) is 4.05. The number of hydrogen-bond donors (Lipinski definition) is 1. The predicted octanol–water partition coefficient (Wildman–Crippen LogP) is 4.69. The van der Waals surface area contributed by atoms with E-state index in [0.29, 0.717) is 17.0 Å². The normalized spacial score (nSPS) is 12.3. The lowest BCUT2D eigenvalue weighted by atomic mass is 10.1. The summed E-state index contributed by atoms with van der Waals surface area (Å²) >= 11 is 17.2. The molecule has 0 aliphatic heterocycles. The van der Waals surface area contributed by atoms with Crippen LogP contribution in [0.25, 0.3) is 5.57 Å². The molecule has 19 heavy (non-hydrogen) atoms. The molecule has 1 aromatic carbocycles. The number of oxime groups is 1. The maximum atomic E-state index is 8.53. The van der Waals surface area contributed by atoms with Crippen molar-refractivity contribution in [2.75, 3.05) is 6.61 Å². The van der Waals surface area contributed by atoms with Crippen molar-refractivity contribution in [1.29, 1.82) is 0 Å². The Morgan fingerprint density at radius 2 is 2.11 bits per heavy atom. The molecule has 0 fully saturated rings. The Balaban J connectivity index is 2.74. The van der Waals surface area contributed by atoms with Gasteiger partial charge in [-0.15, -0.1) is 0 Å². The van der Waals surface area contributed by atoms with Gasteiger partial charge in [-0.2, -0.15) is 0 Å². The zero-order valence-corrected chi connectivity index (χ0v) is 12.6. The highest BCUT2D eigenvalue weighted by Crippen LogP contribution is 2.36. The fourth-order valence-corrected chi connectivity index (χ4v) is 1.85. The molecular weight excluding hydrogens is 309 g/mol. The number of rotatable bonds is 5. The molecule has 0 bridgehead atoms. The van der Waals surface area contributed by atoms with Crippen molar-refractivity contribution < 1.29 is 9.94 Å². The average molecular weight is 323 g/mol. The molecule has 0 atom stereocenters. The van der Waals surface area contributed by atoms with Gasteiger partial charge >= 0.3 is 0 Å². The summed E-state index contributed by atoms with van der Waals surface area (Å²) in [7, 11) is 0. The Hall–Kier alpha value is -0.900. The first-order valence-corrected chi connectivity index (χ1v) is 6.60. The summed E-state index contributed by atoms with van der Waals surface area (Å²) in [6.45, 7) is 5.75. The molecule has 0 aliphatic carbocycles. The molecule has 0 spiro atoms. The number of ether oxygens (including phenoxy) is 1. The van der Waals surface area contributed by atoms with Crippen LogP contribution in [0, 0.1) is 0 Å². The van der Waals surface area contributed by atoms with Crippen molar-refractivity contribution in [2.45, 2.75) is 17.1 Å². The van der Waals surface area contributed by atoms with Crippen LogP contribution >= 0.6 is 34.8 Å². The number of allylic oxidation sites excluding steroid dienone is 1. The van der Waals surface area contributed by atoms with Crippen LogP contribution < -0.4 is 4.74 Å². The van der Waals surface area contributed by atoms with E-state index in [1.807, 2.05) is 12.1 Å². The van der Waals surface area contributed by atoms with Gasteiger partial charge in [0.05, 0.1) is 5.71 Å². The highest BCUT2D eigenvalue weighted by atomic mass is 35.6. The van der Waals surface area contributed by atoms with E-state index in [1.54, 1.807) is 19.1 Å².